The first-order valence-corrected chi connectivity index (χ1v) is 9.41. The summed E-state index contributed by atoms with van der Waals surface area (Å²) < 4.78 is 37.2. The van der Waals surface area contributed by atoms with Crippen molar-refractivity contribution in [2.24, 2.45) is 0 Å². The Hall–Kier alpha value is -2.28. The number of rotatable bonds is 8. The van der Waals surface area contributed by atoms with Crippen LogP contribution in [0.3, 0.4) is 0 Å². The van der Waals surface area contributed by atoms with Crippen molar-refractivity contribution in [3.63, 3.8) is 0 Å². The molecule has 0 saturated carbocycles. The van der Waals surface area contributed by atoms with Gasteiger partial charge in [-0.25, -0.2) is 4.39 Å². The van der Waals surface area contributed by atoms with Crippen LogP contribution in [0, 0.1) is 5.82 Å². The molecule has 0 N–H and O–H groups in total. The maximum Gasteiger partial charge on any atom is 0.305 e. The van der Waals surface area contributed by atoms with Gasteiger partial charge in [0.25, 0.3) is 0 Å². The molecule has 0 radical (unpaired) electrons. The van der Waals surface area contributed by atoms with Gasteiger partial charge in [-0.1, -0.05) is 55.5 Å². The summed E-state index contributed by atoms with van der Waals surface area (Å²) in [6.07, 6.45) is -1.64. The van der Waals surface area contributed by atoms with Crippen molar-refractivity contribution in [1.82, 2.24) is 0 Å². The highest BCUT2D eigenvalue weighted by Gasteiger charge is 2.47. The van der Waals surface area contributed by atoms with Crippen LogP contribution in [0.1, 0.15) is 31.4 Å². The molecule has 0 amide bonds. The molecule has 1 aliphatic heterocycles. The predicted octanol–water partition coefficient (Wildman–Crippen LogP) is 3.99. The Labute approximate surface area is 164 Å². The van der Waals surface area contributed by atoms with E-state index in [4.69, 9.17) is 18.9 Å². The van der Waals surface area contributed by atoms with Crippen molar-refractivity contribution < 1.29 is 28.1 Å². The van der Waals surface area contributed by atoms with Crippen LogP contribution in [0.25, 0.3) is 0 Å². The Kier molecular flexibility index (Phi) is 7.14. The van der Waals surface area contributed by atoms with E-state index in [0.29, 0.717) is 18.6 Å². The van der Waals surface area contributed by atoms with Crippen LogP contribution >= 0.6 is 0 Å². The molecule has 2 aromatic rings. The SMILES string of the molecule is CC[C@H]1O[C@H](OC(C)=O)[C@H](OCc2ccccc2)[C@H]1OCc1ccccc1F. The number of hydrogen-bond donors (Lipinski definition) is 0. The Bertz CT molecular complexity index is 767. The third-order valence-electron chi connectivity index (χ3n) is 4.63. The molecule has 1 aliphatic rings. The lowest BCUT2D eigenvalue weighted by Crippen LogP contribution is -2.38. The van der Waals surface area contributed by atoms with Crippen LogP contribution in [0.5, 0.6) is 0 Å². The minimum atomic E-state index is -0.864. The van der Waals surface area contributed by atoms with E-state index >= 15 is 0 Å². The molecule has 0 aromatic heterocycles. The molecule has 0 bridgehead atoms. The van der Waals surface area contributed by atoms with Crippen molar-refractivity contribution >= 4 is 5.97 Å². The maximum absolute atomic E-state index is 13.9. The molecule has 2 aromatic carbocycles. The topological polar surface area (TPSA) is 54.0 Å². The van der Waals surface area contributed by atoms with Gasteiger partial charge in [-0.3, -0.25) is 4.79 Å². The largest absolute Gasteiger partial charge is 0.433 e. The van der Waals surface area contributed by atoms with Crippen molar-refractivity contribution in [1.29, 1.82) is 0 Å². The lowest BCUT2D eigenvalue weighted by molar-refractivity contribution is -0.193. The summed E-state index contributed by atoms with van der Waals surface area (Å²) in [5, 5.41) is 0. The average molecular weight is 388 g/mol. The Morgan fingerprint density at radius 1 is 1.00 bits per heavy atom. The molecule has 4 atom stereocenters. The standard InChI is InChI=1S/C22H25FO5/c1-3-19-20(26-14-17-11-7-8-12-18(17)23)21(22(28-19)27-15(2)24)25-13-16-9-5-4-6-10-16/h4-12,19-22H,3,13-14H2,1-2H3/t19-,20+,21-,22+/m1/s1. The molecular formula is C22H25FO5. The highest BCUT2D eigenvalue weighted by molar-refractivity contribution is 5.66. The van der Waals surface area contributed by atoms with Gasteiger partial charge >= 0.3 is 5.97 Å². The minimum Gasteiger partial charge on any atom is -0.433 e. The van der Waals surface area contributed by atoms with Gasteiger partial charge in [0, 0.05) is 12.5 Å². The third kappa shape index (κ3) is 5.16. The van der Waals surface area contributed by atoms with Gasteiger partial charge in [0.2, 0.25) is 6.29 Å². The quantitative estimate of drug-likeness (QED) is 0.640. The summed E-state index contributed by atoms with van der Waals surface area (Å²) in [4.78, 5) is 11.5. The van der Waals surface area contributed by atoms with Crippen molar-refractivity contribution in [2.45, 2.75) is 58.1 Å². The normalized spacial score (nSPS) is 24.2. The Balaban J connectivity index is 1.73. The number of halogens is 1. The third-order valence-corrected chi connectivity index (χ3v) is 4.63. The molecule has 1 saturated heterocycles. The summed E-state index contributed by atoms with van der Waals surface area (Å²) in [7, 11) is 0. The second kappa shape index (κ2) is 9.78. The fourth-order valence-electron chi connectivity index (χ4n) is 3.22. The number of carbonyl (C=O) groups excluding carboxylic acids is 1. The summed E-state index contributed by atoms with van der Waals surface area (Å²) in [5.41, 5.74) is 1.44. The van der Waals surface area contributed by atoms with E-state index in [1.165, 1.54) is 13.0 Å². The van der Waals surface area contributed by atoms with Crippen LogP contribution < -0.4 is 0 Å². The lowest BCUT2D eigenvalue weighted by Gasteiger charge is -2.24. The first kappa shape index (κ1) is 20.5. The van der Waals surface area contributed by atoms with Gasteiger partial charge in [0.1, 0.15) is 18.0 Å². The van der Waals surface area contributed by atoms with Gasteiger partial charge < -0.3 is 18.9 Å². The Morgan fingerprint density at radius 2 is 1.68 bits per heavy atom. The monoisotopic (exact) mass is 388 g/mol. The van der Waals surface area contributed by atoms with E-state index in [1.54, 1.807) is 18.2 Å². The number of carbonyl (C=O) groups is 1. The van der Waals surface area contributed by atoms with Crippen LogP contribution in [-0.2, 0) is 37.0 Å². The van der Waals surface area contributed by atoms with E-state index in [0.717, 1.165) is 5.56 Å². The summed E-state index contributed by atoms with van der Waals surface area (Å²) in [6, 6.07) is 16.1. The van der Waals surface area contributed by atoms with Gasteiger partial charge in [0.15, 0.2) is 0 Å². The summed E-state index contributed by atoms with van der Waals surface area (Å²) in [6.45, 7) is 3.68. The van der Waals surface area contributed by atoms with Gasteiger partial charge in [-0.15, -0.1) is 0 Å². The van der Waals surface area contributed by atoms with E-state index in [1.807, 2.05) is 37.3 Å². The van der Waals surface area contributed by atoms with Crippen LogP contribution in [-0.4, -0.2) is 30.6 Å². The number of benzene rings is 2. The molecule has 0 spiro atoms. The van der Waals surface area contributed by atoms with Gasteiger partial charge in [0.05, 0.1) is 19.3 Å². The van der Waals surface area contributed by atoms with E-state index < -0.39 is 24.5 Å². The predicted molar refractivity (Wildman–Crippen MR) is 101 cm³/mol. The molecule has 3 rings (SSSR count). The van der Waals surface area contributed by atoms with Crippen molar-refractivity contribution in [2.75, 3.05) is 0 Å². The molecule has 6 heteroatoms. The number of ether oxygens (including phenoxy) is 4. The molecular weight excluding hydrogens is 363 g/mol. The number of esters is 1. The molecule has 28 heavy (non-hydrogen) atoms. The van der Waals surface area contributed by atoms with Crippen LogP contribution in [0.15, 0.2) is 54.6 Å². The molecule has 5 nitrogen and oxygen atoms in total. The average Bonchev–Trinajstić information content (AvgIpc) is 3.02. The molecule has 1 fully saturated rings. The van der Waals surface area contributed by atoms with Crippen LogP contribution in [0.2, 0.25) is 0 Å². The summed E-state index contributed by atoms with van der Waals surface area (Å²) >= 11 is 0. The fourth-order valence-corrected chi connectivity index (χ4v) is 3.22. The highest BCUT2D eigenvalue weighted by Crippen LogP contribution is 2.31. The van der Waals surface area contributed by atoms with E-state index in [9.17, 15) is 9.18 Å². The minimum absolute atomic E-state index is 0.0786. The van der Waals surface area contributed by atoms with Crippen molar-refractivity contribution in [3.05, 3.63) is 71.5 Å². The number of hydrogen-bond acceptors (Lipinski definition) is 5. The maximum atomic E-state index is 13.9. The van der Waals surface area contributed by atoms with E-state index in [2.05, 4.69) is 0 Å². The Morgan fingerprint density at radius 3 is 2.36 bits per heavy atom. The second-order valence-corrected chi connectivity index (χ2v) is 6.69. The first-order chi connectivity index (χ1) is 13.6. The van der Waals surface area contributed by atoms with Crippen molar-refractivity contribution in [3.8, 4) is 0 Å². The smallest absolute Gasteiger partial charge is 0.305 e. The molecule has 1 heterocycles. The van der Waals surface area contributed by atoms with Crippen LogP contribution in [0.4, 0.5) is 4.39 Å². The lowest BCUT2D eigenvalue weighted by atomic mass is 10.1. The zero-order valence-corrected chi connectivity index (χ0v) is 16.0. The fraction of sp³-hybridized carbons (Fsp3) is 0.409. The molecule has 0 aliphatic carbocycles. The zero-order chi connectivity index (χ0) is 19.9. The molecule has 0 unspecified atom stereocenters. The zero-order valence-electron chi connectivity index (χ0n) is 16.0. The first-order valence-electron chi connectivity index (χ1n) is 9.41. The highest BCUT2D eigenvalue weighted by atomic mass is 19.1. The van der Waals surface area contributed by atoms with Gasteiger partial charge in [-0.2, -0.15) is 0 Å². The molecule has 150 valence electrons. The summed E-state index contributed by atoms with van der Waals surface area (Å²) in [5.74, 6) is -0.782. The van der Waals surface area contributed by atoms with E-state index in [-0.39, 0.29) is 18.5 Å². The second-order valence-electron chi connectivity index (χ2n) is 6.69. The van der Waals surface area contributed by atoms with Gasteiger partial charge in [-0.05, 0) is 18.1 Å².